The third-order valence-electron chi connectivity index (χ3n) is 5.00. The van der Waals surface area contributed by atoms with Crippen molar-refractivity contribution >= 4 is 28.9 Å². The molecular formula is C23H22ClN3O4. The van der Waals surface area contributed by atoms with Crippen LogP contribution in [-0.2, 0) is 0 Å². The Bertz CT molecular complexity index is 1100. The number of carbonyl (C=O) groups is 1. The van der Waals surface area contributed by atoms with Crippen LogP contribution in [0.5, 0.6) is 17.2 Å². The Morgan fingerprint density at radius 3 is 2.52 bits per heavy atom. The Kier molecular flexibility index (Phi) is 5.86. The first-order valence-electron chi connectivity index (χ1n) is 9.76. The number of aromatic nitrogens is 1. The first-order chi connectivity index (χ1) is 15.1. The van der Waals surface area contributed by atoms with Crippen molar-refractivity contribution in [1.29, 1.82) is 0 Å². The van der Waals surface area contributed by atoms with Gasteiger partial charge in [-0.2, -0.15) is 0 Å². The lowest BCUT2D eigenvalue weighted by Gasteiger charge is -2.27. The van der Waals surface area contributed by atoms with Gasteiger partial charge in [0.15, 0.2) is 6.17 Å². The number of pyridine rings is 1. The van der Waals surface area contributed by atoms with Crippen molar-refractivity contribution < 1.29 is 19.0 Å². The number of methoxy groups -OCH3 is 2. The second-order valence-corrected chi connectivity index (χ2v) is 7.18. The molecule has 0 radical (unpaired) electrons. The molecule has 2 heterocycles. The van der Waals surface area contributed by atoms with E-state index in [0.29, 0.717) is 45.8 Å². The third-order valence-corrected chi connectivity index (χ3v) is 5.29. The molecule has 0 bridgehead atoms. The Labute approximate surface area is 185 Å². The molecule has 3 aromatic rings. The van der Waals surface area contributed by atoms with E-state index in [1.165, 1.54) is 7.11 Å². The number of hydrogen-bond donors (Lipinski definition) is 1. The molecule has 1 N–H and O–H groups in total. The molecule has 0 aliphatic carbocycles. The van der Waals surface area contributed by atoms with Crippen LogP contribution in [0.1, 0.15) is 29.1 Å². The van der Waals surface area contributed by atoms with Gasteiger partial charge in [0.1, 0.15) is 17.2 Å². The summed E-state index contributed by atoms with van der Waals surface area (Å²) in [5.41, 5.74) is 2.48. The van der Waals surface area contributed by atoms with Gasteiger partial charge in [-0.15, -0.1) is 0 Å². The summed E-state index contributed by atoms with van der Waals surface area (Å²) in [5.74, 6) is 1.61. The van der Waals surface area contributed by atoms with Gasteiger partial charge in [-0.1, -0.05) is 11.6 Å². The average Bonchev–Trinajstić information content (AvgIpc) is 3.06. The number of benzene rings is 2. The summed E-state index contributed by atoms with van der Waals surface area (Å²) in [6, 6.07) is 14.3. The second-order valence-electron chi connectivity index (χ2n) is 6.77. The van der Waals surface area contributed by atoms with Crippen LogP contribution >= 0.6 is 11.6 Å². The zero-order valence-corrected chi connectivity index (χ0v) is 18.1. The molecule has 160 valence electrons. The lowest BCUT2D eigenvalue weighted by Crippen LogP contribution is -2.32. The number of nitrogens with zero attached hydrogens (tertiary/aromatic N) is 2. The zero-order valence-electron chi connectivity index (χ0n) is 17.4. The maximum Gasteiger partial charge on any atom is 0.262 e. The van der Waals surface area contributed by atoms with E-state index in [9.17, 15) is 4.79 Å². The fraction of sp³-hybridized carbons (Fsp3) is 0.217. The number of amides is 1. The summed E-state index contributed by atoms with van der Waals surface area (Å²) in [7, 11) is 3.10. The molecule has 7 nitrogen and oxygen atoms in total. The van der Waals surface area contributed by atoms with Crippen LogP contribution in [0, 0.1) is 0 Å². The number of nitrogens with one attached hydrogen (secondary N) is 1. The van der Waals surface area contributed by atoms with Crippen molar-refractivity contribution in [2.45, 2.75) is 13.1 Å². The highest BCUT2D eigenvalue weighted by atomic mass is 35.5. The molecule has 1 amide bonds. The number of anilines is 2. The maximum absolute atomic E-state index is 13.3. The number of rotatable bonds is 7. The number of carbonyl (C=O) groups excluding carboxylic acids is 1. The first-order valence-corrected chi connectivity index (χ1v) is 10.1. The van der Waals surface area contributed by atoms with Crippen molar-refractivity contribution in [3.8, 4) is 17.2 Å². The number of ether oxygens (including phenoxy) is 3. The van der Waals surface area contributed by atoms with Gasteiger partial charge in [-0.05, 0) is 49.4 Å². The first kappa shape index (κ1) is 20.8. The SMILES string of the molecule is CCOc1ccc(N2C(=O)c3cccnc3C2Nc2cc(Cl)c(OC)cc2OC)cc1. The molecule has 1 unspecified atom stereocenters. The lowest BCUT2D eigenvalue weighted by atomic mass is 10.2. The van der Waals surface area contributed by atoms with Crippen LogP contribution in [0.25, 0.3) is 0 Å². The normalized spacial score (nSPS) is 14.9. The summed E-state index contributed by atoms with van der Waals surface area (Å²) < 4.78 is 16.3. The summed E-state index contributed by atoms with van der Waals surface area (Å²) >= 11 is 6.34. The predicted octanol–water partition coefficient (Wildman–Crippen LogP) is 4.92. The van der Waals surface area contributed by atoms with E-state index in [4.69, 9.17) is 25.8 Å². The molecule has 31 heavy (non-hydrogen) atoms. The highest BCUT2D eigenvalue weighted by Gasteiger charge is 2.39. The highest BCUT2D eigenvalue weighted by Crippen LogP contribution is 2.41. The molecule has 0 spiro atoms. The number of fused-ring (bicyclic) bond motifs is 1. The Morgan fingerprint density at radius 1 is 1.10 bits per heavy atom. The number of hydrogen-bond acceptors (Lipinski definition) is 6. The second kappa shape index (κ2) is 8.73. The summed E-state index contributed by atoms with van der Waals surface area (Å²) in [4.78, 5) is 19.4. The fourth-order valence-electron chi connectivity index (χ4n) is 3.57. The monoisotopic (exact) mass is 439 g/mol. The van der Waals surface area contributed by atoms with Crippen LogP contribution in [0.2, 0.25) is 5.02 Å². The van der Waals surface area contributed by atoms with Crippen LogP contribution in [0.4, 0.5) is 11.4 Å². The zero-order chi connectivity index (χ0) is 22.0. The van der Waals surface area contributed by atoms with Gasteiger partial charge >= 0.3 is 0 Å². The van der Waals surface area contributed by atoms with Gasteiger partial charge in [0.05, 0.1) is 42.8 Å². The molecular weight excluding hydrogens is 418 g/mol. The molecule has 0 fully saturated rings. The van der Waals surface area contributed by atoms with Crippen molar-refractivity contribution in [1.82, 2.24) is 4.98 Å². The van der Waals surface area contributed by atoms with Gasteiger partial charge in [0.25, 0.3) is 5.91 Å². The summed E-state index contributed by atoms with van der Waals surface area (Å²) in [5, 5.41) is 3.79. The van der Waals surface area contributed by atoms with Crippen LogP contribution in [0.3, 0.4) is 0 Å². The smallest absolute Gasteiger partial charge is 0.262 e. The maximum atomic E-state index is 13.3. The molecule has 0 saturated heterocycles. The minimum absolute atomic E-state index is 0.150. The van der Waals surface area contributed by atoms with Crippen LogP contribution in [-0.4, -0.2) is 31.7 Å². The average molecular weight is 440 g/mol. The van der Waals surface area contributed by atoms with E-state index in [-0.39, 0.29) is 5.91 Å². The van der Waals surface area contributed by atoms with E-state index in [1.807, 2.05) is 31.2 Å². The largest absolute Gasteiger partial charge is 0.495 e. The molecule has 4 rings (SSSR count). The van der Waals surface area contributed by atoms with Crippen LogP contribution < -0.4 is 24.4 Å². The topological polar surface area (TPSA) is 72.9 Å². The summed E-state index contributed by atoms with van der Waals surface area (Å²) in [6.07, 6.45) is 1.11. The van der Waals surface area contributed by atoms with Gasteiger partial charge in [0.2, 0.25) is 0 Å². The van der Waals surface area contributed by atoms with E-state index < -0.39 is 6.17 Å². The number of halogens is 1. The summed E-state index contributed by atoms with van der Waals surface area (Å²) in [6.45, 7) is 2.49. The highest BCUT2D eigenvalue weighted by molar-refractivity contribution is 6.32. The van der Waals surface area contributed by atoms with Gasteiger partial charge < -0.3 is 19.5 Å². The molecule has 0 saturated carbocycles. The molecule has 1 aromatic heterocycles. The minimum atomic E-state index is -0.556. The van der Waals surface area contributed by atoms with Crippen LogP contribution in [0.15, 0.2) is 54.7 Å². The third kappa shape index (κ3) is 3.84. The molecule has 8 heteroatoms. The van der Waals surface area contributed by atoms with Crippen molar-refractivity contribution in [2.24, 2.45) is 0 Å². The van der Waals surface area contributed by atoms with E-state index in [1.54, 1.807) is 42.5 Å². The predicted molar refractivity (Wildman–Crippen MR) is 120 cm³/mol. The molecule has 1 atom stereocenters. The van der Waals surface area contributed by atoms with E-state index >= 15 is 0 Å². The van der Waals surface area contributed by atoms with Gasteiger partial charge in [-0.3, -0.25) is 14.7 Å². The Hall–Kier alpha value is -3.45. The van der Waals surface area contributed by atoms with Crippen molar-refractivity contribution in [2.75, 3.05) is 31.0 Å². The van der Waals surface area contributed by atoms with E-state index in [0.717, 1.165) is 5.75 Å². The molecule has 1 aliphatic rings. The minimum Gasteiger partial charge on any atom is -0.495 e. The quantitative estimate of drug-likeness (QED) is 0.563. The Morgan fingerprint density at radius 2 is 1.84 bits per heavy atom. The fourth-order valence-corrected chi connectivity index (χ4v) is 3.82. The van der Waals surface area contributed by atoms with Gasteiger partial charge in [-0.25, -0.2) is 0 Å². The Balaban J connectivity index is 1.76. The molecule has 2 aromatic carbocycles. The lowest BCUT2D eigenvalue weighted by molar-refractivity contribution is 0.0993. The van der Waals surface area contributed by atoms with Crippen molar-refractivity contribution in [3.63, 3.8) is 0 Å². The standard InChI is InChI=1S/C23H22ClN3O4/c1-4-31-15-9-7-14(8-10-15)27-22(21-16(23(27)28)6-5-11-25-21)26-18-12-17(24)19(29-2)13-20(18)30-3/h5-13,22,26H,4H2,1-3H3. The van der Waals surface area contributed by atoms with Crippen molar-refractivity contribution in [3.05, 3.63) is 71.0 Å². The molecule has 1 aliphatic heterocycles. The van der Waals surface area contributed by atoms with E-state index in [2.05, 4.69) is 10.3 Å². The van der Waals surface area contributed by atoms with Gasteiger partial charge in [0, 0.05) is 18.0 Å².